The van der Waals surface area contributed by atoms with Crippen LogP contribution in [0.5, 0.6) is 11.5 Å². The zero-order valence-corrected chi connectivity index (χ0v) is 22.9. The number of aliphatic hydroxyl groups excluding tert-OH is 1. The zero-order valence-electron chi connectivity index (χ0n) is 22.9. The summed E-state index contributed by atoms with van der Waals surface area (Å²) in [7, 11) is 0. The van der Waals surface area contributed by atoms with Gasteiger partial charge in [0.05, 0.1) is 25.9 Å². The van der Waals surface area contributed by atoms with Gasteiger partial charge < -0.3 is 34.7 Å². The molecule has 8 heteroatoms. The number of amides is 1. The molecule has 0 spiro atoms. The highest BCUT2D eigenvalue weighted by molar-refractivity contribution is 5.88. The highest BCUT2D eigenvalue weighted by Crippen LogP contribution is 2.32. The lowest BCUT2D eigenvalue weighted by Gasteiger charge is -2.33. The van der Waals surface area contributed by atoms with Crippen molar-refractivity contribution in [3.8, 4) is 11.5 Å². The van der Waals surface area contributed by atoms with Crippen molar-refractivity contribution < 1.29 is 28.8 Å². The summed E-state index contributed by atoms with van der Waals surface area (Å²) in [4.78, 5) is 11.2. The molecule has 0 saturated heterocycles. The molecule has 39 heavy (non-hydrogen) atoms. The zero-order chi connectivity index (χ0) is 27.7. The number of rotatable bonds is 13. The summed E-state index contributed by atoms with van der Waals surface area (Å²) in [6, 6.07) is 21.4. The second-order valence-corrected chi connectivity index (χ2v) is 10.1. The second kappa shape index (κ2) is 13.6. The number of hydrogen-bond acceptors (Lipinski definition) is 7. The lowest BCUT2D eigenvalue weighted by atomic mass is 10.0. The van der Waals surface area contributed by atoms with E-state index in [2.05, 4.69) is 10.6 Å². The van der Waals surface area contributed by atoms with Crippen LogP contribution in [0.4, 0.5) is 5.69 Å². The first kappa shape index (κ1) is 28.6. The van der Waals surface area contributed by atoms with Gasteiger partial charge in [-0.2, -0.15) is 0 Å². The molecule has 0 radical (unpaired) electrons. The third-order valence-electron chi connectivity index (χ3n) is 6.26. The summed E-state index contributed by atoms with van der Waals surface area (Å²) < 4.78 is 23.0. The van der Waals surface area contributed by atoms with Gasteiger partial charge in [-0.15, -0.1) is 0 Å². The normalized spacial score (nSPS) is 14.7. The molecule has 0 bridgehead atoms. The minimum absolute atomic E-state index is 0.0971. The van der Waals surface area contributed by atoms with Gasteiger partial charge in [-0.25, -0.2) is 0 Å². The minimum Gasteiger partial charge on any atom is -0.491 e. The molecular formula is C31H38N2O6. The number of nitrogens with one attached hydrogen (secondary N) is 2. The Hall–Kier alpha value is -3.43. The molecule has 1 aliphatic heterocycles. The Balaban J connectivity index is 1.11. The first-order valence-corrected chi connectivity index (χ1v) is 13.3. The van der Waals surface area contributed by atoms with E-state index in [-0.39, 0.29) is 5.91 Å². The van der Waals surface area contributed by atoms with Crippen molar-refractivity contribution in [1.29, 1.82) is 0 Å². The molecule has 0 unspecified atom stereocenters. The van der Waals surface area contributed by atoms with Gasteiger partial charge in [0.1, 0.15) is 18.1 Å². The molecule has 1 amide bonds. The van der Waals surface area contributed by atoms with Crippen LogP contribution in [0.2, 0.25) is 0 Å². The maximum absolute atomic E-state index is 11.2. The maximum atomic E-state index is 11.2. The molecule has 3 aromatic rings. The molecule has 8 nitrogen and oxygen atoms in total. The molecule has 0 saturated carbocycles. The van der Waals surface area contributed by atoms with E-state index >= 15 is 0 Å². The second-order valence-electron chi connectivity index (χ2n) is 10.1. The van der Waals surface area contributed by atoms with Crippen LogP contribution < -0.4 is 20.1 Å². The highest BCUT2D eigenvalue weighted by atomic mass is 16.7. The van der Waals surface area contributed by atoms with Crippen LogP contribution in [0, 0.1) is 0 Å². The van der Waals surface area contributed by atoms with E-state index in [0.717, 1.165) is 46.8 Å². The Kier molecular flexibility index (Phi) is 9.95. The van der Waals surface area contributed by atoms with Crippen molar-refractivity contribution in [1.82, 2.24) is 5.32 Å². The Bertz CT molecular complexity index is 1230. The molecule has 0 aromatic heterocycles. The van der Waals surface area contributed by atoms with E-state index in [0.29, 0.717) is 33.0 Å². The lowest BCUT2D eigenvalue weighted by molar-refractivity contribution is -0.180. The number of anilines is 1. The third kappa shape index (κ3) is 9.07. The topological polar surface area (TPSA) is 98.3 Å². The number of fused-ring (bicyclic) bond motifs is 1. The molecule has 1 heterocycles. The van der Waals surface area contributed by atoms with Crippen LogP contribution in [0.25, 0.3) is 0 Å². The van der Waals surface area contributed by atoms with Gasteiger partial charge in [-0.3, -0.25) is 4.79 Å². The Labute approximate surface area is 230 Å². The van der Waals surface area contributed by atoms with Crippen LogP contribution in [0.1, 0.15) is 49.1 Å². The van der Waals surface area contributed by atoms with Gasteiger partial charge in [0.25, 0.3) is 0 Å². The van der Waals surface area contributed by atoms with E-state index in [4.69, 9.17) is 18.9 Å². The minimum atomic E-state index is -0.627. The van der Waals surface area contributed by atoms with E-state index < -0.39 is 11.9 Å². The van der Waals surface area contributed by atoms with E-state index in [1.165, 1.54) is 12.5 Å². The number of carbonyl (C=O) groups excluding carboxylic acids is 1. The van der Waals surface area contributed by atoms with E-state index in [1.54, 1.807) is 0 Å². The number of ether oxygens (including phenoxy) is 4. The number of benzene rings is 3. The van der Waals surface area contributed by atoms with Crippen LogP contribution >= 0.6 is 0 Å². The van der Waals surface area contributed by atoms with Crippen molar-refractivity contribution in [2.75, 3.05) is 31.6 Å². The summed E-state index contributed by atoms with van der Waals surface area (Å²) in [6.07, 6.45) is 0.235. The highest BCUT2D eigenvalue weighted by Gasteiger charge is 2.27. The van der Waals surface area contributed by atoms with Crippen molar-refractivity contribution >= 4 is 11.6 Å². The predicted octanol–water partition coefficient (Wildman–Crippen LogP) is 4.75. The van der Waals surface area contributed by atoms with Crippen LogP contribution in [-0.4, -0.2) is 43.1 Å². The number of carbonyl (C=O) groups is 1. The molecule has 0 aliphatic carbocycles. The van der Waals surface area contributed by atoms with Crippen LogP contribution in [0.3, 0.4) is 0 Å². The lowest BCUT2D eigenvalue weighted by Crippen LogP contribution is -2.35. The summed E-state index contributed by atoms with van der Waals surface area (Å²) in [5.74, 6) is 0.876. The van der Waals surface area contributed by atoms with E-state index in [1.807, 2.05) is 80.6 Å². The van der Waals surface area contributed by atoms with Gasteiger partial charge in [0.2, 0.25) is 11.7 Å². The van der Waals surface area contributed by atoms with Crippen molar-refractivity contribution in [2.24, 2.45) is 0 Å². The predicted molar refractivity (Wildman–Crippen MR) is 150 cm³/mol. The van der Waals surface area contributed by atoms with Gasteiger partial charge >= 0.3 is 0 Å². The number of aliphatic hydroxyl groups is 1. The quantitative estimate of drug-likeness (QED) is 0.272. The molecule has 0 fully saturated rings. The van der Waals surface area contributed by atoms with Gasteiger partial charge in [0, 0.05) is 38.6 Å². The summed E-state index contributed by atoms with van der Waals surface area (Å²) in [5, 5.41) is 16.7. The monoisotopic (exact) mass is 534 g/mol. The van der Waals surface area contributed by atoms with E-state index in [9.17, 15) is 9.90 Å². The van der Waals surface area contributed by atoms with Gasteiger partial charge in [0.15, 0.2) is 0 Å². The largest absolute Gasteiger partial charge is 0.491 e. The molecule has 4 rings (SSSR count). The fourth-order valence-electron chi connectivity index (χ4n) is 4.26. The SMILES string of the molecule is CC(=O)Nc1cccc(COCCOc2ccc(CCNC[C@@H](O)c3ccc4c(c3)COC(C)(C)O4)cc2)c1. The van der Waals surface area contributed by atoms with Gasteiger partial charge in [-0.1, -0.05) is 30.3 Å². The van der Waals surface area contributed by atoms with Crippen LogP contribution in [-0.2, 0) is 33.9 Å². The third-order valence-corrected chi connectivity index (χ3v) is 6.26. The number of hydrogen-bond donors (Lipinski definition) is 3. The summed E-state index contributed by atoms with van der Waals surface area (Å²) in [6.45, 7) is 8.30. The molecule has 1 atom stereocenters. The molecule has 3 N–H and O–H groups in total. The average Bonchev–Trinajstić information content (AvgIpc) is 2.90. The summed E-state index contributed by atoms with van der Waals surface area (Å²) >= 11 is 0. The molecule has 208 valence electrons. The molecule has 1 aliphatic rings. The average molecular weight is 535 g/mol. The fourth-order valence-corrected chi connectivity index (χ4v) is 4.26. The summed E-state index contributed by atoms with van der Waals surface area (Å²) in [5.41, 5.74) is 4.73. The first-order chi connectivity index (χ1) is 18.8. The van der Waals surface area contributed by atoms with Gasteiger partial charge in [-0.05, 0) is 66.1 Å². The Morgan fingerprint density at radius 3 is 2.67 bits per heavy atom. The first-order valence-electron chi connectivity index (χ1n) is 13.3. The van der Waals surface area contributed by atoms with Crippen molar-refractivity contribution in [3.05, 3.63) is 89.0 Å². The smallest absolute Gasteiger partial charge is 0.221 e. The molecular weight excluding hydrogens is 496 g/mol. The molecule has 3 aromatic carbocycles. The van der Waals surface area contributed by atoms with Crippen molar-refractivity contribution in [3.63, 3.8) is 0 Å². The van der Waals surface area contributed by atoms with Crippen molar-refractivity contribution in [2.45, 2.75) is 52.3 Å². The maximum Gasteiger partial charge on any atom is 0.221 e. The Morgan fingerprint density at radius 2 is 1.87 bits per heavy atom. The standard InChI is InChI=1S/C31H38N2O6/c1-22(34)33-27-6-4-5-24(17-27)20-36-15-16-37-28-10-7-23(8-11-28)13-14-32-19-29(35)25-9-12-30-26(18-25)21-38-31(2,3)39-30/h4-12,17-18,29,32,35H,13-16,19-21H2,1-3H3,(H,33,34)/t29-/m1/s1. The van der Waals surface area contributed by atoms with Crippen LogP contribution in [0.15, 0.2) is 66.7 Å². The fraction of sp³-hybridized carbons (Fsp3) is 0.387. The Morgan fingerprint density at radius 1 is 1.05 bits per heavy atom.